The molecule has 3 rings (SSSR count). The van der Waals surface area contributed by atoms with Gasteiger partial charge in [0.25, 0.3) is 11.8 Å². The number of hydrogen-bond acceptors (Lipinski definition) is 4. The molecule has 36 heavy (non-hydrogen) atoms. The highest BCUT2D eigenvalue weighted by Crippen LogP contribution is 2.24. The van der Waals surface area contributed by atoms with E-state index < -0.39 is 11.8 Å². The van der Waals surface area contributed by atoms with E-state index in [-0.39, 0.29) is 22.6 Å². The number of aromatic hydroxyl groups is 2. The predicted molar refractivity (Wildman–Crippen MR) is 145 cm³/mol. The Bertz CT molecular complexity index is 1080. The first-order valence-corrected chi connectivity index (χ1v) is 12.8. The lowest BCUT2D eigenvalue weighted by Crippen LogP contribution is -2.13. The number of anilines is 2. The van der Waals surface area contributed by atoms with E-state index in [1.54, 1.807) is 48.5 Å². The third kappa shape index (κ3) is 7.60. The van der Waals surface area contributed by atoms with E-state index in [2.05, 4.69) is 24.5 Å². The van der Waals surface area contributed by atoms with Crippen LogP contribution in [0.25, 0.3) is 0 Å². The number of benzene rings is 3. The van der Waals surface area contributed by atoms with Gasteiger partial charge in [0.2, 0.25) is 0 Å². The van der Waals surface area contributed by atoms with E-state index in [1.807, 2.05) is 12.1 Å². The third-order valence-corrected chi connectivity index (χ3v) is 6.15. The first kappa shape index (κ1) is 26.8. The lowest BCUT2D eigenvalue weighted by molar-refractivity contribution is 0.101. The molecule has 0 bridgehead atoms. The van der Waals surface area contributed by atoms with E-state index in [0.29, 0.717) is 11.4 Å². The van der Waals surface area contributed by atoms with E-state index in [4.69, 9.17) is 0 Å². The summed E-state index contributed by atoms with van der Waals surface area (Å²) in [6.07, 6.45) is 8.36. The predicted octanol–water partition coefficient (Wildman–Crippen LogP) is 7.07. The van der Waals surface area contributed by atoms with Gasteiger partial charge in [-0.3, -0.25) is 9.59 Å². The van der Waals surface area contributed by atoms with Crippen molar-refractivity contribution in [2.45, 2.75) is 65.2 Å². The molecule has 0 radical (unpaired) electrons. The van der Waals surface area contributed by atoms with Crippen LogP contribution in [0.15, 0.2) is 60.7 Å². The maximum atomic E-state index is 12.6. The van der Waals surface area contributed by atoms with Crippen molar-refractivity contribution >= 4 is 23.2 Å². The van der Waals surface area contributed by atoms with Crippen LogP contribution in [0.1, 0.15) is 84.2 Å². The van der Waals surface area contributed by atoms with E-state index >= 15 is 0 Å². The SMILES string of the molecule is CCCCCc1ccc(C(=O)Nc2ccc(NC(=O)c3ccc(CCCCC)cc3O)cc2)c(O)c1. The zero-order valence-electron chi connectivity index (χ0n) is 21.1. The number of carbonyl (C=O) groups excluding carboxylic acids is 2. The van der Waals surface area contributed by atoms with Crippen LogP contribution in [-0.2, 0) is 12.8 Å². The molecule has 0 unspecified atom stereocenters. The molecule has 2 amide bonds. The number of amides is 2. The van der Waals surface area contributed by atoms with Crippen LogP contribution in [0.3, 0.4) is 0 Å². The lowest BCUT2D eigenvalue weighted by atomic mass is 10.0. The third-order valence-electron chi connectivity index (χ3n) is 6.15. The van der Waals surface area contributed by atoms with Crippen LogP contribution in [0.4, 0.5) is 11.4 Å². The van der Waals surface area contributed by atoms with Crippen LogP contribution in [0, 0.1) is 0 Å². The minimum Gasteiger partial charge on any atom is -0.507 e. The fourth-order valence-corrected chi connectivity index (χ4v) is 4.04. The first-order valence-electron chi connectivity index (χ1n) is 12.8. The Balaban J connectivity index is 1.57. The molecule has 190 valence electrons. The van der Waals surface area contributed by atoms with Gasteiger partial charge >= 0.3 is 0 Å². The zero-order valence-corrected chi connectivity index (χ0v) is 21.1. The first-order chi connectivity index (χ1) is 17.4. The van der Waals surface area contributed by atoms with Gasteiger partial charge in [-0.1, -0.05) is 51.7 Å². The molecule has 0 fully saturated rings. The van der Waals surface area contributed by atoms with E-state index in [9.17, 15) is 19.8 Å². The largest absolute Gasteiger partial charge is 0.507 e. The van der Waals surface area contributed by atoms with Crippen LogP contribution < -0.4 is 10.6 Å². The van der Waals surface area contributed by atoms with Crippen molar-refractivity contribution in [3.05, 3.63) is 82.9 Å². The summed E-state index contributed by atoms with van der Waals surface area (Å²) in [5, 5.41) is 26.2. The summed E-state index contributed by atoms with van der Waals surface area (Å²) in [6.45, 7) is 4.29. The summed E-state index contributed by atoms with van der Waals surface area (Å²) in [7, 11) is 0. The standard InChI is InChI=1S/C30H36N2O4/c1-3-5-7-9-21-11-17-25(27(33)19-21)29(35)31-23-13-15-24(16-14-23)32-30(36)26-18-12-22(20-28(26)34)10-8-6-4-2/h11-20,33-34H,3-10H2,1-2H3,(H,31,35)(H,32,36). The van der Waals surface area contributed by atoms with Crippen molar-refractivity contribution in [3.8, 4) is 11.5 Å². The fraction of sp³-hybridized carbons (Fsp3) is 0.333. The van der Waals surface area contributed by atoms with Gasteiger partial charge in [0.15, 0.2) is 0 Å². The smallest absolute Gasteiger partial charge is 0.259 e. The summed E-state index contributed by atoms with van der Waals surface area (Å²) in [5.41, 5.74) is 3.50. The number of phenolic OH excluding ortho intramolecular Hbond substituents is 2. The highest BCUT2D eigenvalue weighted by atomic mass is 16.3. The maximum Gasteiger partial charge on any atom is 0.259 e. The Morgan fingerprint density at radius 2 is 1.00 bits per heavy atom. The Morgan fingerprint density at radius 3 is 1.33 bits per heavy atom. The molecule has 3 aromatic carbocycles. The molecule has 0 spiro atoms. The van der Waals surface area contributed by atoms with Gasteiger partial charge in [-0.15, -0.1) is 0 Å². The summed E-state index contributed by atoms with van der Waals surface area (Å²) in [6, 6.07) is 17.0. The minimum atomic E-state index is -0.409. The molecular weight excluding hydrogens is 452 g/mol. The van der Waals surface area contributed by atoms with Crippen molar-refractivity contribution in [3.63, 3.8) is 0 Å². The maximum absolute atomic E-state index is 12.6. The van der Waals surface area contributed by atoms with Gasteiger partial charge < -0.3 is 20.8 Å². The average molecular weight is 489 g/mol. The molecule has 0 saturated heterocycles. The molecular formula is C30H36N2O4. The van der Waals surface area contributed by atoms with Crippen molar-refractivity contribution in [2.75, 3.05) is 10.6 Å². The highest BCUT2D eigenvalue weighted by Gasteiger charge is 2.14. The van der Waals surface area contributed by atoms with Gasteiger partial charge in [-0.05, 0) is 85.3 Å². The zero-order chi connectivity index (χ0) is 25.9. The monoisotopic (exact) mass is 488 g/mol. The number of phenols is 2. The van der Waals surface area contributed by atoms with Crippen molar-refractivity contribution in [1.29, 1.82) is 0 Å². The normalized spacial score (nSPS) is 10.7. The summed E-state index contributed by atoms with van der Waals surface area (Å²) >= 11 is 0. The van der Waals surface area contributed by atoms with Crippen LogP contribution in [0.5, 0.6) is 11.5 Å². The van der Waals surface area contributed by atoms with Crippen LogP contribution in [-0.4, -0.2) is 22.0 Å². The topological polar surface area (TPSA) is 98.7 Å². The molecule has 3 aromatic rings. The number of rotatable bonds is 12. The molecule has 6 nitrogen and oxygen atoms in total. The number of nitrogens with one attached hydrogen (secondary N) is 2. The molecule has 6 heteroatoms. The van der Waals surface area contributed by atoms with Crippen LogP contribution in [0.2, 0.25) is 0 Å². The van der Waals surface area contributed by atoms with E-state index in [1.165, 1.54) is 0 Å². The summed E-state index contributed by atoms with van der Waals surface area (Å²) in [4.78, 5) is 25.3. The van der Waals surface area contributed by atoms with Gasteiger partial charge in [-0.25, -0.2) is 0 Å². The molecule has 0 heterocycles. The Morgan fingerprint density at radius 1 is 0.611 bits per heavy atom. The minimum absolute atomic E-state index is 0.0402. The van der Waals surface area contributed by atoms with Crippen molar-refractivity contribution in [1.82, 2.24) is 0 Å². The number of carbonyl (C=O) groups is 2. The van der Waals surface area contributed by atoms with Gasteiger partial charge in [0.05, 0.1) is 11.1 Å². The van der Waals surface area contributed by atoms with Crippen LogP contribution >= 0.6 is 0 Å². The van der Waals surface area contributed by atoms with Crippen molar-refractivity contribution in [2.24, 2.45) is 0 Å². The highest BCUT2D eigenvalue weighted by molar-refractivity contribution is 6.07. The Hall–Kier alpha value is -3.80. The molecule has 0 aliphatic rings. The Labute approximate surface area is 213 Å². The average Bonchev–Trinajstić information content (AvgIpc) is 2.85. The van der Waals surface area contributed by atoms with E-state index in [0.717, 1.165) is 62.5 Å². The van der Waals surface area contributed by atoms with Gasteiger partial charge in [0, 0.05) is 11.4 Å². The second kappa shape index (κ2) is 13.3. The second-order valence-corrected chi connectivity index (χ2v) is 9.10. The molecule has 0 aromatic heterocycles. The molecule has 4 N–H and O–H groups in total. The fourth-order valence-electron chi connectivity index (χ4n) is 4.04. The molecule has 0 aliphatic carbocycles. The lowest BCUT2D eigenvalue weighted by Gasteiger charge is -2.11. The molecule has 0 aliphatic heterocycles. The summed E-state index contributed by atoms with van der Waals surface area (Å²) in [5.74, 6) is -0.898. The van der Waals surface area contributed by atoms with Gasteiger partial charge in [0.1, 0.15) is 11.5 Å². The van der Waals surface area contributed by atoms with Gasteiger partial charge in [-0.2, -0.15) is 0 Å². The summed E-state index contributed by atoms with van der Waals surface area (Å²) < 4.78 is 0. The number of hydrogen-bond donors (Lipinski definition) is 4. The quantitative estimate of drug-likeness (QED) is 0.205. The molecule has 0 saturated carbocycles. The van der Waals surface area contributed by atoms with Crippen molar-refractivity contribution < 1.29 is 19.8 Å². The number of unbranched alkanes of at least 4 members (excludes halogenated alkanes) is 4. The molecule has 0 atom stereocenters. The number of aryl methyl sites for hydroxylation is 2. The Kier molecular flexibility index (Phi) is 9.92. The second-order valence-electron chi connectivity index (χ2n) is 9.10.